The van der Waals surface area contributed by atoms with Gasteiger partial charge in [0.25, 0.3) is 0 Å². The van der Waals surface area contributed by atoms with Gasteiger partial charge in [0, 0.05) is 9.89 Å². The summed E-state index contributed by atoms with van der Waals surface area (Å²) in [7, 11) is 0. The SMILES string of the molecule is Cc1ccc([C@H]2NC(=O)OCC2(C)C)c(Br)c1.Cl. The molecule has 100 valence electrons. The Balaban J connectivity index is 0.00000162. The molecule has 1 N–H and O–H groups in total. The first-order valence-electron chi connectivity index (χ1n) is 5.59. The molecule has 0 radical (unpaired) electrons. The fourth-order valence-corrected chi connectivity index (χ4v) is 2.78. The van der Waals surface area contributed by atoms with Gasteiger partial charge in [0.05, 0.1) is 6.04 Å². The lowest BCUT2D eigenvalue weighted by atomic mass is 9.80. The van der Waals surface area contributed by atoms with Crippen molar-refractivity contribution in [2.24, 2.45) is 5.41 Å². The molecule has 5 heteroatoms. The number of aryl methyl sites for hydroxylation is 1. The lowest BCUT2D eigenvalue weighted by molar-refractivity contribution is 0.0385. The first-order chi connectivity index (χ1) is 7.90. The molecule has 0 spiro atoms. The Morgan fingerprint density at radius 2 is 2.11 bits per heavy atom. The number of alkyl carbamates (subject to hydrolysis) is 1. The normalized spacial score (nSPS) is 21.6. The van der Waals surface area contributed by atoms with Gasteiger partial charge in [-0.1, -0.05) is 41.9 Å². The average Bonchev–Trinajstić information content (AvgIpc) is 2.23. The van der Waals surface area contributed by atoms with Gasteiger partial charge in [-0.15, -0.1) is 12.4 Å². The molecule has 1 amide bonds. The highest BCUT2D eigenvalue weighted by atomic mass is 79.9. The van der Waals surface area contributed by atoms with Crippen molar-refractivity contribution < 1.29 is 9.53 Å². The largest absolute Gasteiger partial charge is 0.449 e. The number of hydrogen-bond acceptors (Lipinski definition) is 2. The van der Waals surface area contributed by atoms with Crippen LogP contribution in [0.25, 0.3) is 0 Å². The van der Waals surface area contributed by atoms with E-state index < -0.39 is 0 Å². The number of hydrogen-bond donors (Lipinski definition) is 1. The molecule has 1 aromatic rings. The standard InChI is InChI=1S/C13H16BrNO2.ClH/c1-8-4-5-9(10(14)6-8)11-13(2,3)7-17-12(16)15-11;/h4-6,11H,7H2,1-3H3,(H,15,16);1H/t11-;/m1./s1. The summed E-state index contributed by atoms with van der Waals surface area (Å²) in [5, 5.41) is 2.89. The van der Waals surface area contributed by atoms with Crippen LogP contribution in [0.1, 0.15) is 31.0 Å². The van der Waals surface area contributed by atoms with Gasteiger partial charge in [-0.3, -0.25) is 0 Å². The molecule has 1 fully saturated rings. The van der Waals surface area contributed by atoms with E-state index in [9.17, 15) is 4.79 Å². The third-order valence-electron chi connectivity index (χ3n) is 3.09. The Labute approximate surface area is 122 Å². The van der Waals surface area contributed by atoms with E-state index in [4.69, 9.17) is 4.74 Å². The first kappa shape index (κ1) is 15.3. The first-order valence-corrected chi connectivity index (χ1v) is 6.39. The van der Waals surface area contributed by atoms with Crippen molar-refractivity contribution in [2.45, 2.75) is 26.8 Å². The van der Waals surface area contributed by atoms with E-state index in [0.29, 0.717) is 6.61 Å². The Kier molecular flexibility index (Phi) is 4.67. The zero-order valence-corrected chi connectivity index (χ0v) is 13.0. The molecule has 2 rings (SSSR count). The van der Waals surface area contributed by atoms with E-state index in [1.807, 2.05) is 6.92 Å². The molecular formula is C13H17BrClNO2. The molecule has 0 bridgehead atoms. The summed E-state index contributed by atoms with van der Waals surface area (Å²) in [5.74, 6) is 0. The Morgan fingerprint density at radius 3 is 2.72 bits per heavy atom. The number of carbonyl (C=O) groups excluding carboxylic acids is 1. The van der Waals surface area contributed by atoms with Crippen LogP contribution in [0.2, 0.25) is 0 Å². The van der Waals surface area contributed by atoms with Gasteiger partial charge in [0.15, 0.2) is 0 Å². The van der Waals surface area contributed by atoms with Crippen molar-refractivity contribution in [1.82, 2.24) is 5.32 Å². The molecule has 18 heavy (non-hydrogen) atoms. The lowest BCUT2D eigenvalue weighted by Crippen LogP contribution is -2.47. The molecule has 0 aliphatic carbocycles. The summed E-state index contributed by atoms with van der Waals surface area (Å²) in [6.07, 6.45) is -0.346. The Bertz CT molecular complexity index is 462. The zero-order chi connectivity index (χ0) is 12.6. The minimum atomic E-state index is -0.346. The van der Waals surface area contributed by atoms with E-state index in [1.165, 1.54) is 5.56 Å². The summed E-state index contributed by atoms with van der Waals surface area (Å²) < 4.78 is 6.07. The fourth-order valence-electron chi connectivity index (χ4n) is 2.05. The molecule has 0 saturated carbocycles. The molecule has 1 aromatic carbocycles. The second-order valence-electron chi connectivity index (χ2n) is 5.17. The van der Waals surface area contributed by atoms with Gasteiger partial charge in [0.2, 0.25) is 0 Å². The van der Waals surface area contributed by atoms with Crippen molar-refractivity contribution in [2.75, 3.05) is 6.61 Å². The second-order valence-corrected chi connectivity index (χ2v) is 6.02. The third kappa shape index (κ3) is 2.98. The maximum Gasteiger partial charge on any atom is 0.407 e. The van der Waals surface area contributed by atoms with Gasteiger partial charge >= 0.3 is 6.09 Å². The van der Waals surface area contributed by atoms with E-state index >= 15 is 0 Å². The van der Waals surface area contributed by atoms with Crippen molar-refractivity contribution >= 4 is 34.4 Å². The van der Waals surface area contributed by atoms with E-state index in [2.05, 4.69) is 53.3 Å². The van der Waals surface area contributed by atoms with Crippen molar-refractivity contribution in [1.29, 1.82) is 0 Å². The van der Waals surface area contributed by atoms with E-state index in [-0.39, 0.29) is 30.0 Å². The van der Waals surface area contributed by atoms with Gasteiger partial charge in [-0.05, 0) is 24.1 Å². The highest BCUT2D eigenvalue weighted by Crippen LogP contribution is 2.39. The van der Waals surface area contributed by atoms with Crippen LogP contribution in [-0.2, 0) is 4.74 Å². The topological polar surface area (TPSA) is 38.3 Å². The predicted molar refractivity (Wildman–Crippen MR) is 77.1 cm³/mol. The van der Waals surface area contributed by atoms with Crippen LogP contribution in [-0.4, -0.2) is 12.7 Å². The van der Waals surface area contributed by atoms with Gasteiger partial charge in [-0.2, -0.15) is 0 Å². The van der Waals surface area contributed by atoms with E-state index in [0.717, 1.165) is 10.0 Å². The molecule has 3 nitrogen and oxygen atoms in total. The number of cyclic esters (lactones) is 1. The summed E-state index contributed by atoms with van der Waals surface area (Å²) in [4.78, 5) is 11.4. The Morgan fingerprint density at radius 1 is 1.44 bits per heavy atom. The monoisotopic (exact) mass is 333 g/mol. The van der Waals surface area contributed by atoms with Crippen molar-refractivity contribution in [3.05, 3.63) is 33.8 Å². The van der Waals surface area contributed by atoms with E-state index in [1.54, 1.807) is 0 Å². The third-order valence-corrected chi connectivity index (χ3v) is 3.77. The summed E-state index contributed by atoms with van der Waals surface area (Å²) >= 11 is 3.56. The molecule has 1 aliphatic rings. The number of benzene rings is 1. The molecule has 1 atom stereocenters. The lowest BCUT2D eigenvalue weighted by Gasteiger charge is -2.39. The van der Waals surface area contributed by atoms with Gasteiger partial charge in [0.1, 0.15) is 6.61 Å². The maximum atomic E-state index is 11.4. The molecule has 1 saturated heterocycles. The fraction of sp³-hybridized carbons (Fsp3) is 0.462. The van der Waals surface area contributed by atoms with Crippen LogP contribution in [0.3, 0.4) is 0 Å². The highest BCUT2D eigenvalue weighted by molar-refractivity contribution is 9.10. The number of halogens is 2. The molecule has 0 aromatic heterocycles. The quantitative estimate of drug-likeness (QED) is 0.843. The van der Waals surface area contributed by atoms with Crippen LogP contribution in [0.5, 0.6) is 0 Å². The number of rotatable bonds is 1. The van der Waals surface area contributed by atoms with Gasteiger partial charge < -0.3 is 10.1 Å². The summed E-state index contributed by atoms with van der Waals surface area (Å²) in [5.41, 5.74) is 2.17. The summed E-state index contributed by atoms with van der Waals surface area (Å²) in [6.45, 7) is 6.65. The number of nitrogens with one attached hydrogen (secondary N) is 1. The van der Waals surface area contributed by atoms with Crippen LogP contribution >= 0.6 is 28.3 Å². The maximum absolute atomic E-state index is 11.4. The average molecular weight is 335 g/mol. The smallest absolute Gasteiger partial charge is 0.407 e. The molecule has 1 aliphatic heterocycles. The number of carbonyl (C=O) groups is 1. The minimum absolute atomic E-state index is 0. The number of ether oxygens (including phenoxy) is 1. The number of amides is 1. The van der Waals surface area contributed by atoms with Crippen molar-refractivity contribution in [3.63, 3.8) is 0 Å². The Hall–Kier alpha value is -0.740. The zero-order valence-electron chi connectivity index (χ0n) is 10.6. The second kappa shape index (κ2) is 5.49. The van der Waals surface area contributed by atoms with Crippen LogP contribution in [0, 0.1) is 12.3 Å². The van der Waals surface area contributed by atoms with Crippen LogP contribution < -0.4 is 5.32 Å². The summed E-state index contributed by atoms with van der Waals surface area (Å²) in [6, 6.07) is 6.14. The molecule has 1 heterocycles. The van der Waals surface area contributed by atoms with Crippen molar-refractivity contribution in [3.8, 4) is 0 Å². The molecule has 0 unspecified atom stereocenters. The van der Waals surface area contributed by atoms with Crippen LogP contribution in [0.4, 0.5) is 4.79 Å². The minimum Gasteiger partial charge on any atom is -0.449 e. The van der Waals surface area contributed by atoms with Crippen LogP contribution in [0.15, 0.2) is 22.7 Å². The highest BCUT2D eigenvalue weighted by Gasteiger charge is 2.38. The van der Waals surface area contributed by atoms with Gasteiger partial charge in [-0.25, -0.2) is 4.79 Å². The molecular weight excluding hydrogens is 318 g/mol. The predicted octanol–water partition coefficient (Wildman–Crippen LogP) is 3.99.